The second-order valence-corrected chi connectivity index (χ2v) is 5.73. The SMILES string of the molecule is CC1(C)CCCCC1Nc1ccc(Cl)cn1. The van der Waals surface area contributed by atoms with Crippen molar-refractivity contribution in [2.75, 3.05) is 5.32 Å². The van der Waals surface area contributed by atoms with Crippen molar-refractivity contribution in [3.05, 3.63) is 23.4 Å². The number of hydrogen-bond acceptors (Lipinski definition) is 2. The number of rotatable bonds is 2. The predicted octanol–water partition coefficient (Wildman–Crippen LogP) is 4.12. The number of pyridine rings is 1. The van der Waals surface area contributed by atoms with Gasteiger partial charge in [0.1, 0.15) is 5.82 Å². The average Bonchev–Trinajstić information content (AvgIpc) is 2.24. The van der Waals surface area contributed by atoms with E-state index >= 15 is 0 Å². The van der Waals surface area contributed by atoms with Crippen LogP contribution < -0.4 is 5.32 Å². The smallest absolute Gasteiger partial charge is 0.126 e. The molecular weight excluding hydrogens is 220 g/mol. The summed E-state index contributed by atoms with van der Waals surface area (Å²) in [6.45, 7) is 4.67. The Labute approximate surface area is 102 Å². The monoisotopic (exact) mass is 238 g/mol. The lowest BCUT2D eigenvalue weighted by molar-refractivity contribution is 0.216. The Balaban J connectivity index is 2.05. The molecule has 1 atom stereocenters. The molecule has 2 nitrogen and oxygen atoms in total. The number of anilines is 1. The van der Waals surface area contributed by atoms with Crippen molar-refractivity contribution in [3.63, 3.8) is 0 Å². The highest BCUT2D eigenvalue weighted by molar-refractivity contribution is 6.30. The molecule has 0 spiro atoms. The summed E-state index contributed by atoms with van der Waals surface area (Å²) < 4.78 is 0. The van der Waals surface area contributed by atoms with E-state index in [0.29, 0.717) is 16.5 Å². The molecule has 1 heterocycles. The Morgan fingerprint density at radius 2 is 2.19 bits per heavy atom. The van der Waals surface area contributed by atoms with E-state index in [1.165, 1.54) is 25.7 Å². The molecule has 2 rings (SSSR count). The molecule has 0 saturated heterocycles. The van der Waals surface area contributed by atoms with Crippen molar-refractivity contribution < 1.29 is 0 Å². The molecule has 16 heavy (non-hydrogen) atoms. The van der Waals surface area contributed by atoms with Gasteiger partial charge in [0.05, 0.1) is 5.02 Å². The van der Waals surface area contributed by atoms with Crippen LogP contribution >= 0.6 is 11.6 Å². The first-order chi connectivity index (χ1) is 7.58. The van der Waals surface area contributed by atoms with Gasteiger partial charge in [-0.2, -0.15) is 0 Å². The lowest BCUT2D eigenvalue weighted by Crippen LogP contribution is -2.39. The van der Waals surface area contributed by atoms with E-state index in [-0.39, 0.29) is 0 Å². The van der Waals surface area contributed by atoms with Crippen LogP contribution in [0, 0.1) is 5.41 Å². The zero-order valence-electron chi connectivity index (χ0n) is 9.96. The molecule has 88 valence electrons. The third-order valence-electron chi connectivity index (χ3n) is 3.56. The summed E-state index contributed by atoms with van der Waals surface area (Å²) in [6.07, 6.45) is 6.88. The van der Waals surface area contributed by atoms with Crippen LogP contribution in [0.5, 0.6) is 0 Å². The molecule has 0 bridgehead atoms. The van der Waals surface area contributed by atoms with Crippen LogP contribution in [0.1, 0.15) is 39.5 Å². The first kappa shape index (κ1) is 11.7. The summed E-state index contributed by atoms with van der Waals surface area (Å²) in [5, 5.41) is 4.22. The predicted molar refractivity (Wildman–Crippen MR) is 68.9 cm³/mol. The van der Waals surface area contributed by atoms with E-state index in [4.69, 9.17) is 11.6 Å². The Morgan fingerprint density at radius 3 is 2.81 bits per heavy atom. The van der Waals surface area contributed by atoms with Gasteiger partial charge in [0.25, 0.3) is 0 Å². The molecule has 0 amide bonds. The van der Waals surface area contributed by atoms with Gasteiger partial charge in [-0.15, -0.1) is 0 Å². The minimum absolute atomic E-state index is 0.361. The standard InChI is InChI=1S/C13H19ClN2/c1-13(2)8-4-3-5-11(13)16-12-7-6-10(14)9-15-12/h6-7,9,11H,3-5,8H2,1-2H3,(H,15,16). The second-order valence-electron chi connectivity index (χ2n) is 5.29. The van der Waals surface area contributed by atoms with Gasteiger partial charge in [0, 0.05) is 12.2 Å². The molecule has 1 saturated carbocycles. The molecule has 1 N–H and O–H groups in total. The fourth-order valence-corrected chi connectivity index (χ4v) is 2.51. The van der Waals surface area contributed by atoms with Gasteiger partial charge in [-0.05, 0) is 30.4 Å². The van der Waals surface area contributed by atoms with Crippen LogP contribution in [0.2, 0.25) is 5.02 Å². The van der Waals surface area contributed by atoms with Gasteiger partial charge in [-0.1, -0.05) is 38.3 Å². The summed E-state index contributed by atoms with van der Waals surface area (Å²) in [4.78, 5) is 4.29. The summed E-state index contributed by atoms with van der Waals surface area (Å²) in [7, 11) is 0. The van der Waals surface area contributed by atoms with Crippen LogP contribution in [0.3, 0.4) is 0 Å². The summed E-state index contributed by atoms with van der Waals surface area (Å²) in [5.41, 5.74) is 0.361. The largest absolute Gasteiger partial charge is 0.367 e. The maximum absolute atomic E-state index is 5.82. The third-order valence-corrected chi connectivity index (χ3v) is 3.78. The van der Waals surface area contributed by atoms with Crippen LogP contribution in [-0.4, -0.2) is 11.0 Å². The number of hydrogen-bond donors (Lipinski definition) is 1. The van der Waals surface area contributed by atoms with E-state index in [1.54, 1.807) is 6.20 Å². The topological polar surface area (TPSA) is 24.9 Å². The first-order valence-electron chi connectivity index (χ1n) is 5.96. The minimum atomic E-state index is 0.361. The fraction of sp³-hybridized carbons (Fsp3) is 0.615. The Morgan fingerprint density at radius 1 is 1.38 bits per heavy atom. The van der Waals surface area contributed by atoms with Gasteiger partial charge in [0.2, 0.25) is 0 Å². The number of nitrogens with zero attached hydrogens (tertiary/aromatic N) is 1. The molecule has 0 aliphatic heterocycles. The minimum Gasteiger partial charge on any atom is -0.367 e. The first-order valence-corrected chi connectivity index (χ1v) is 6.34. The van der Waals surface area contributed by atoms with Crippen LogP contribution in [-0.2, 0) is 0 Å². The molecule has 1 aliphatic rings. The zero-order valence-corrected chi connectivity index (χ0v) is 10.7. The van der Waals surface area contributed by atoms with Crippen molar-refractivity contribution in [3.8, 4) is 0 Å². The summed E-state index contributed by atoms with van der Waals surface area (Å²) in [6, 6.07) is 4.36. The van der Waals surface area contributed by atoms with E-state index in [2.05, 4.69) is 24.1 Å². The van der Waals surface area contributed by atoms with Gasteiger partial charge in [-0.3, -0.25) is 0 Å². The van der Waals surface area contributed by atoms with Gasteiger partial charge in [0.15, 0.2) is 0 Å². The highest BCUT2D eigenvalue weighted by Gasteiger charge is 2.32. The molecule has 0 radical (unpaired) electrons. The van der Waals surface area contributed by atoms with Crippen LogP contribution in [0.15, 0.2) is 18.3 Å². The van der Waals surface area contributed by atoms with Crippen molar-refractivity contribution in [1.82, 2.24) is 4.98 Å². The summed E-state index contributed by atoms with van der Waals surface area (Å²) in [5.74, 6) is 0.935. The lowest BCUT2D eigenvalue weighted by atomic mass is 9.73. The van der Waals surface area contributed by atoms with Gasteiger partial charge < -0.3 is 5.32 Å². The van der Waals surface area contributed by atoms with Crippen LogP contribution in [0.25, 0.3) is 0 Å². The van der Waals surface area contributed by atoms with Crippen molar-refractivity contribution >= 4 is 17.4 Å². The van der Waals surface area contributed by atoms with E-state index < -0.39 is 0 Å². The molecule has 1 fully saturated rings. The number of nitrogens with one attached hydrogen (secondary N) is 1. The molecule has 3 heteroatoms. The Bertz CT molecular complexity index is 345. The van der Waals surface area contributed by atoms with Crippen molar-refractivity contribution in [1.29, 1.82) is 0 Å². The number of aromatic nitrogens is 1. The molecule has 0 aromatic carbocycles. The van der Waals surface area contributed by atoms with Crippen molar-refractivity contribution in [2.45, 2.75) is 45.6 Å². The molecule has 1 aliphatic carbocycles. The van der Waals surface area contributed by atoms with Gasteiger partial charge >= 0.3 is 0 Å². The lowest BCUT2D eigenvalue weighted by Gasteiger charge is -2.39. The second kappa shape index (κ2) is 4.62. The quantitative estimate of drug-likeness (QED) is 0.839. The zero-order chi connectivity index (χ0) is 11.6. The van der Waals surface area contributed by atoms with E-state index in [1.807, 2.05) is 12.1 Å². The Hall–Kier alpha value is -0.760. The van der Waals surface area contributed by atoms with E-state index in [9.17, 15) is 0 Å². The van der Waals surface area contributed by atoms with E-state index in [0.717, 1.165) is 5.82 Å². The fourth-order valence-electron chi connectivity index (χ4n) is 2.40. The maximum Gasteiger partial charge on any atom is 0.126 e. The van der Waals surface area contributed by atoms with Crippen molar-refractivity contribution in [2.24, 2.45) is 5.41 Å². The maximum atomic E-state index is 5.82. The molecule has 1 aromatic rings. The summed E-state index contributed by atoms with van der Waals surface area (Å²) >= 11 is 5.82. The van der Waals surface area contributed by atoms with Crippen LogP contribution in [0.4, 0.5) is 5.82 Å². The highest BCUT2D eigenvalue weighted by Crippen LogP contribution is 2.36. The normalized spacial score (nSPS) is 24.1. The number of halogens is 1. The molecule has 1 unspecified atom stereocenters. The highest BCUT2D eigenvalue weighted by atomic mass is 35.5. The Kier molecular flexibility index (Phi) is 3.38. The average molecular weight is 239 g/mol. The molecular formula is C13H19ClN2. The third kappa shape index (κ3) is 2.67. The van der Waals surface area contributed by atoms with Gasteiger partial charge in [-0.25, -0.2) is 4.98 Å². The molecule has 1 aromatic heterocycles.